The Labute approximate surface area is 97.0 Å². The molecule has 0 aliphatic heterocycles. The minimum absolute atomic E-state index is 0.0942. The number of aryl methyl sites for hydroxylation is 1. The zero-order valence-electron chi connectivity index (χ0n) is 10.6. The fraction of sp³-hybridized carbons (Fsp3) is 0.667. The summed E-state index contributed by atoms with van der Waals surface area (Å²) in [6, 6.07) is 0. The third-order valence-corrected chi connectivity index (χ3v) is 2.53. The Bertz CT molecular complexity index is 355. The highest BCUT2D eigenvalue weighted by Gasteiger charge is 2.28. The summed E-state index contributed by atoms with van der Waals surface area (Å²) < 4.78 is 1.81. The molecule has 0 saturated heterocycles. The third kappa shape index (κ3) is 2.92. The number of likely N-dealkylation sites (N-methyl/N-ethyl adjacent to an activating group) is 1. The first kappa shape index (κ1) is 12.9. The Morgan fingerprint density at radius 1 is 1.50 bits per heavy atom. The monoisotopic (exact) mass is 223 g/mol. The van der Waals surface area contributed by atoms with Crippen molar-refractivity contribution in [1.82, 2.24) is 15.1 Å². The predicted molar refractivity (Wildman–Crippen MR) is 64.6 cm³/mol. The first-order chi connectivity index (χ1) is 7.51. The number of hydrogen-bond donors (Lipinski definition) is 1. The molecule has 0 amide bonds. The van der Waals surface area contributed by atoms with Crippen LogP contribution in [0, 0.1) is 0 Å². The molecule has 1 aromatic rings. The lowest BCUT2D eigenvalue weighted by Gasteiger charge is -2.23. The first-order valence-electron chi connectivity index (χ1n) is 5.83. The predicted octanol–water partition coefficient (Wildman–Crippen LogP) is 1.86. The van der Waals surface area contributed by atoms with Gasteiger partial charge < -0.3 is 5.32 Å². The van der Waals surface area contributed by atoms with Crippen molar-refractivity contribution < 1.29 is 4.79 Å². The van der Waals surface area contributed by atoms with Crippen LogP contribution in [0.3, 0.4) is 0 Å². The fourth-order valence-corrected chi connectivity index (χ4v) is 1.72. The molecule has 90 valence electrons. The molecule has 0 radical (unpaired) electrons. The number of nitrogens with zero attached hydrogens (tertiary/aromatic N) is 2. The van der Waals surface area contributed by atoms with Gasteiger partial charge in [0.15, 0.2) is 5.78 Å². The molecule has 0 aliphatic rings. The summed E-state index contributed by atoms with van der Waals surface area (Å²) in [6.45, 7) is 9.52. The van der Waals surface area contributed by atoms with Gasteiger partial charge in [-0.1, -0.05) is 13.8 Å². The van der Waals surface area contributed by atoms with E-state index in [4.69, 9.17) is 0 Å². The van der Waals surface area contributed by atoms with Gasteiger partial charge in [0, 0.05) is 12.7 Å². The maximum atomic E-state index is 12.2. The number of hydrogen-bond acceptors (Lipinski definition) is 3. The number of Topliss-reactive ketones (excluding diaryl/α,β-unsaturated/α-hetero) is 1. The highest BCUT2D eigenvalue weighted by atomic mass is 16.1. The van der Waals surface area contributed by atoms with Crippen LogP contribution >= 0.6 is 0 Å². The average molecular weight is 223 g/mol. The van der Waals surface area contributed by atoms with E-state index in [1.165, 1.54) is 0 Å². The van der Waals surface area contributed by atoms with E-state index in [0.29, 0.717) is 5.56 Å². The van der Waals surface area contributed by atoms with Crippen molar-refractivity contribution in [2.75, 3.05) is 6.54 Å². The Balaban J connectivity index is 2.79. The molecule has 0 saturated carbocycles. The smallest absolute Gasteiger partial charge is 0.185 e. The third-order valence-electron chi connectivity index (χ3n) is 2.53. The van der Waals surface area contributed by atoms with Crippen LogP contribution in [0.5, 0.6) is 0 Å². The van der Waals surface area contributed by atoms with Gasteiger partial charge in [-0.2, -0.15) is 5.10 Å². The molecule has 0 aromatic carbocycles. The van der Waals surface area contributed by atoms with Crippen molar-refractivity contribution in [2.45, 2.75) is 46.2 Å². The molecule has 16 heavy (non-hydrogen) atoms. The molecule has 1 rings (SSSR count). The number of carbonyl (C=O) groups is 1. The Morgan fingerprint density at radius 2 is 2.19 bits per heavy atom. The Hall–Kier alpha value is -1.16. The van der Waals surface area contributed by atoms with Crippen LogP contribution in [-0.2, 0) is 6.54 Å². The van der Waals surface area contributed by atoms with Crippen LogP contribution < -0.4 is 5.32 Å². The maximum absolute atomic E-state index is 12.2. The summed E-state index contributed by atoms with van der Waals surface area (Å²) in [4.78, 5) is 12.2. The molecule has 0 atom stereocenters. The highest BCUT2D eigenvalue weighted by Crippen LogP contribution is 2.12. The summed E-state index contributed by atoms with van der Waals surface area (Å²) in [7, 11) is 0. The van der Waals surface area contributed by atoms with Crippen molar-refractivity contribution in [2.24, 2.45) is 0 Å². The SMILES string of the molecule is CCCn1cc(C(=O)C(C)(C)NCC)cn1. The van der Waals surface area contributed by atoms with Gasteiger partial charge in [0.05, 0.1) is 17.3 Å². The van der Waals surface area contributed by atoms with E-state index in [-0.39, 0.29) is 5.78 Å². The lowest BCUT2D eigenvalue weighted by molar-refractivity contribution is 0.0884. The molecule has 0 bridgehead atoms. The maximum Gasteiger partial charge on any atom is 0.185 e. The number of ketones is 1. The van der Waals surface area contributed by atoms with E-state index >= 15 is 0 Å². The Morgan fingerprint density at radius 3 is 2.75 bits per heavy atom. The van der Waals surface area contributed by atoms with Gasteiger partial charge in [-0.15, -0.1) is 0 Å². The molecule has 0 unspecified atom stereocenters. The van der Waals surface area contributed by atoms with Gasteiger partial charge in [0.1, 0.15) is 0 Å². The quantitative estimate of drug-likeness (QED) is 0.749. The van der Waals surface area contributed by atoms with Crippen molar-refractivity contribution in [3.8, 4) is 0 Å². The van der Waals surface area contributed by atoms with Crippen LogP contribution in [0.4, 0.5) is 0 Å². The van der Waals surface area contributed by atoms with Crippen LogP contribution in [0.1, 0.15) is 44.5 Å². The van der Waals surface area contributed by atoms with E-state index in [9.17, 15) is 4.79 Å². The second-order valence-corrected chi connectivity index (χ2v) is 4.48. The van der Waals surface area contributed by atoms with Crippen LogP contribution in [0.2, 0.25) is 0 Å². The van der Waals surface area contributed by atoms with Crippen molar-refractivity contribution >= 4 is 5.78 Å². The molecule has 1 aromatic heterocycles. The molecule has 0 spiro atoms. The zero-order chi connectivity index (χ0) is 12.2. The topological polar surface area (TPSA) is 46.9 Å². The van der Waals surface area contributed by atoms with Crippen molar-refractivity contribution in [3.63, 3.8) is 0 Å². The number of carbonyl (C=O) groups excluding carboxylic acids is 1. The van der Waals surface area contributed by atoms with Gasteiger partial charge >= 0.3 is 0 Å². The van der Waals surface area contributed by atoms with Crippen molar-refractivity contribution in [1.29, 1.82) is 0 Å². The first-order valence-corrected chi connectivity index (χ1v) is 5.83. The summed E-state index contributed by atoms with van der Waals surface area (Å²) in [6.07, 6.45) is 4.49. The minimum Gasteiger partial charge on any atom is -0.305 e. The van der Waals surface area contributed by atoms with Gasteiger partial charge in [0.25, 0.3) is 0 Å². The lowest BCUT2D eigenvalue weighted by atomic mass is 9.95. The average Bonchev–Trinajstić information content (AvgIpc) is 2.65. The summed E-state index contributed by atoms with van der Waals surface area (Å²) >= 11 is 0. The van der Waals surface area contributed by atoms with E-state index in [2.05, 4.69) is 17.3 Å². The Kier molecular flexibility index (Phi) is 4.24. The van der Waals surface area contributed by atoms with Crippen LogP contribution in [0.25, 0.3) is 0 Å². The number of nitrogens with one attached hydrogen (secondary N) is 1. The molecule has 0 aliphatic carbocycles. The second kappa shape index (κ2) is 5.25. The number of rotatable bonds is 6. The van der Waals surface area contributed by atoms with Crippen molar-refractivity contribution in [3.05, 3.63) is 18.0 Å². The molecule has 4 nitrogen and oxygen atoms in total. The number of aromatic nitrogens is 2. The molecule has 1 heterocycles. The van der Waals surface area contributed by atoms with E-state index in [1.54, 1.807) is 6.20 Å². The highest BCUT2D eigenvalue weighted by molar-refractivity contribution is 6.02. The van der Waals surface area contributed by atoms with Gasteiger partial charge in [-0.05, 0) is 26.8 Å². The standard InChI is InChI=1S/C12H21N3O/c1-5-7-15-9-10(8-14-15)11(16)12(3,4)13-6-2/h8-9,13H,5-7H2,1-4H3. The second-order valence-electron chi connectivity index (χ2n) is 4.48. The summed E-state index contributed by atoms with van der Waals surface area (Å²) in [5.74, 6) is 0.0942. The van der Waals surface area contributed by atoms with Crippen LogP contribution in [-0.4, -0.2) is 27.6 Å². The molecule has 1 N–H and O–H groups in total. The van der Waals surface area contributed by atoms with E-state index < -0.39 is 5.54 Å². The minimum atomic E-state index is -0.519. The van der Waals surface area contributed by atoms with Gasteiger partial charge in [0.2, 0.25) is 0 Å². The molecule has 4 heteroatoms. The van der Waals surface area contributed by atoms with Gasteiger partial charge in [-0.25, -0.2) is 0 Å². The molecular weight excluding hydrogens is 202 g/mol. The van der Waals surface area contributed by atoms with E-state index in [0.717, 1.165) is 19.5 Å². The largest absolute Gasteiger partial charge is 0.305 e. The van der Waals surface area contributed by atoms with E-state index in [1.807, 2.05) is 31.6 Å². The summed E-state index contributed by atoms with van der Waals surface area (Å²) in [5, 5.41) is 7.34. The molecular formula is C12H21N3O. The van der Waals surface area contributed by atoms with Gasteiger partial charge in [-0.3, -0.25) is 9.48 Å². The molecule has 0 fully saturated rings. The fourth-order valence-electron chi connectivity index (χ4n) is 1.72. The van der Waals surface area contributed by atoms with Crippen LogP contribution in [0.15, 0.2) is 12.4 Å². The normalized spacial score (nSPS) is 11.8. The summed E-state index contributed by atoms with van der Waals surface area (Å²) in [5.41, 5.74) is 0.161. The zero-order valence-corrected chi connectivity index (χ0v) is 10.6. The lowest BCUT2D eigenvalue weighted by Crippen LogP contribution is -2.46.